The Morgan fingerprint density at radius 3 is 2.42 bits per heavy atom. The maximum absolute atomic E-state index is 12.3. The first-order valence-corrected chi connectivity index (χ1v) is 8.49. The molecule has 2 aromatic rings. The molecule has 0 spiro atoms. The van der Waals surface area contributed by atoms with E-state index >= 15 is 0 Å². The van der Waals surface area contributed by atoms with Crippen molar-refractivity contribution in [1.29, 1.82) is 0 Å². The second-order valence-electron chi connectivity index (χ2n) is 6.32. The number of carbonyl (C=O) groups excluding carboxylic acids is 2. The molecule has 0 radical (unpaired) electrons. The van der Waals surface area contributed by atoms with Crippen LogP contribution in [0.5, 0.6) is 5.75 Å². The van der Waals surface area contributed by atoms with Gasteiger partial charge in [-0.15, -0.1) is 5.01 Å². The van der Waals surface area contributed by atoms with Gasteiger partial charge >= 0.3 is 6.03 Å². The molecule has 6 nitrogen and oxygen atoms in total. The van der Waals surface area contributed by atoms with Crippen molar-refractivity contribution >= 4 is 18.2 Å². The summed E-state index contributed by atoms with van der Waals surface area (Å²) in [5.74, 6) is 0.392. The van der Waals surface area contributed by atoms with Gasteiger partial charge in [0.15, 0.2) is 0 Å². The van der Waals surface area contributed by atoms with Crippen LogP contribution in [0, 0.1) is 0 Å². The van der Waals surface area contributed by atoms with Crippen molar-refractivity contribution in [3.05, 3.63) is 65.7 Å². The lowest BCUT2D eigenvalue weighted by molar-refractivity contribution is -0.130. The fourth-order valence-corrected chi connectivity index (χ4v) is 2.53. The molecule has 3 rings (SSSR count). The highest BCUT2D eigenvalue weighted by molar-refractivity contribution is 6.07. The van der Waals surface area contributed by atoms with Crippen molar-refractivity contribution in [3.63, 3.8) is 0 Å². The van der Waals surface area contributed by atoms with E-state index in [2.05, 4.69) is 10.4 Å². The van der Waals surface area contributed by atoms with Gasteiger partial charge in [-0.3, -0.25) is 4.79 Å². The summed E-state index contributed by atoms with van der Waals surface area (Å²) in [6, 6.07) is 16.7. The number of imide groups is 1. The van der Waals surface area contributed by atoms with Crippen molar-refractivity contribution in [3.8, 4) is 5.75 Å². The molecule has 0 bridgehead atoms. The van der Waals surface area contributed by atoms with Crippen LogP contribution >= 0.6 is 0 Å². The highest BCUT2D eigenvalue weighted by atomic mass is 16.5. The molecule has 1 saturated heterocycles. The zero-order chi connectivity index (χ0) is 18.6. The molecule has 1 atom stereocenters. The Bertz CT molecular complexity index is 818. The summed E-state index contributed by atoms with van der Waals surface area (Å²) in [6.07, 6.45) is 2.00. The Hall–Kier alpha value is -3.15. The van der Waals surface area contributed by atoms with E-state index in [0.717, 1.165) is 21.9 Å². The van der Waals surface area contributed by atoms with Crippen LogP contribution in [0.15, 0.2) is 59.7 Å². The minimum atomic E-state index is -0.885. The molecule has 0 aromatic heterocycles. The topological polar surface area (TPSA) is 71.0 Å². The molecule has 1 N–H and O–H groups in total. The van der Waals surface area contributed by atoms with Crippen molar-refractivity contribution in [1.82, 2.24) is 10.3 Å². The summed E-state index contributed by atoms with van der Waals surface area (Å²) in [5.41, 5.74) is 0.974. The van der Waals surface area contributed by atoms with Gasteiger partial charge in [-0.05, 0) is 48.7 Å². The molecule has 1 aliphatic heterocycles. The molecule has 134 valence electrons. The van der Waals surface area contributed by atoms with E-state index in [1.807, 2.05) is 61.5 Å². The number of ether oxygens (including phenoxy) is 1. The first-order valence-electron chi connectivity index (χ1n) is 8.49. The van der Waals surface area contributed by atoms with Crippen LogP contribution in [-0.2, 0) is 11.4 Å². The van der Waals surface area contributed by atoms with Gasteiger partial charge in [-0.1, -0.05) is 37.3 Å². The Kier molecular flexibility index (Phi) is 5.02. The summed E-state index contributed by atoms with van der Waals surface area (Å²) in [5, 5.41) is 7.57. The SMILES string of the molecule is CC[C@@]1(C)NC(=O)N(/N=C\c2ccc(OCc3ccccc3)cc2)C1=O. The van der Waals surface area contributed by atoms with E-state index in [0.29, 0.717) is 13.0 Å². The van der Waals surface area contributed by atoms with Crippen LogP contribution in [0.2, 0.25) is 0 Å². The lowest BCUT2D eigenvalue weighted by Crippen LogP contribution is -2.42. The Labute approximate surface area is 152 Å². The predicted molar refractivity (Wildman–Crippen MR) is 98.9 cm³/mol. The van der Waals surface area contributed by atoms with E-state index in [-0.39, 0.29) is 5.91 Å². The second kappa shape index (κ2) is 7.39. The molecule has 26 heavy (non-hydrogen) atoms. The number of benzene rings is 2. The number of hydrogen-bond acceptors (Lipinski definition) is 4. The Morgan fingerprint density at radius 1 is 1.12 bits per heavy atom. The van der Waals surface area contributed by atoms with Crippen LogP contribution in [0.4, 0.5) is 4.79 Å². The molecule has 1 aliphatic rings. The van der Waals surface area contributed by atoms with Crippen LogP contribution in [0.1, 0.15) is 31.4 Å². The van der Waals surface area contributed by atoms with Gasteiger partial charge in [-0.2, -0.15) is 5.10 Å². The number of hydrazone groups is 1. The van der Waals surface area contributed by atoms with Crippen LogP contribution < -0.4 is 10.1 Å². The second-order valence-corrected chi connectivity index (χ2v) is 6.32. The predicted octanol–water partition coefficient (Wildman–Crippen LogP) is 3.32. The Morgan fingerprint density at radius 2 is 1.81 bits per heavy atom. The van der Waals surface area contributed by atoms with Gasteiger partial charge < -0.3 is 10.1 Å². The van der Waals surface area contributed by atoms with E-state index in [4.69, 9.17) is 4.74 Å². The summed E-state index contributed by atoms with van der Waals surface area (Å²) in [4.78, 5) is 24.2. The number of hydrogen-bond donors (Lipinski definition) is 1. The summed E-state index contributed by atoms with van der Waals surface area (Å²) in [7, 11) is 0. The van der Waals surface area contributed by atoms with E-state index in [9.17, 15) is 9.59 Å². The molecule has 1 fully saturated rings. The number of urea groups is 1. The molecular weight excluding hydrogens is 330 g/mol. The molecule has 3 amide bonds. The summed E-state index contributed by atoms with van der Waals surface area (Å²) < 4.78 is 5.73. The third kappa shape index (κ3) is 3.74. The standard InChI is InChI=1S/C20H21N3O3/c1-3-20(2)18(24)23(19(25)22-20)21-13-15-9-11-17(12-10-15)26-14-16-7-5-4-6-8-16/h4-13H,3,14H2,1-2H3,(H,22,25)/b21-13-/t20-/m1/s1. The van der Waals surface area contributed by atoms with Crippen molar-refractivity contribution < 1.29 is 14.3 Å². The smallest absolute Gasteiger partial charge is 0.346 e. The van der Waals surface area contributed by atoms with Crippen molar-refractivity contribution in [2.75, 3.05) is 0 Å². The molecule has 1 heterocycles. The molecule has 2 aromatic carbocycles. The third-order valence-corrected chi connectivity index (χ3v) is 4.40. The van der Waals surface area contributed by atoms with Gasteiger partial charge in [0.05, 0.1) is 6.21 Å². The normalized spacial score (nSPS) is 19.8. The zero-order valence-electron chi connectivity index (χ0n) is 14.8. The highest BCUT2D eigenvalue weighted by Gasteiger charge is 2.46. The number of nitrogens with one attached hydrogen (secondary N) is 1. The van der Waals surface area contributed by atoms with Gasteiger partial charge in [0.25, 0.3) is 5.91 Å². The van der Waals surface area contributed by atoms with Gasteiger partial charge in [-0.25, -0.2) is 4.79 Å². The van der Waals surface area contributed by atoms with Gasteiger partial charge in [0.1, 0.15) is 17.9 Å². The van der Waals surface area contributed by atoms with Crippen molar-refractivity contribution in [2.45, 2.75) is 32.4 Å². The Balaban J connectivity index is 1.61. The molecule has 0 saturated carbocycles. The van der Waals surface area contributed by atoms with Gasteiger partial charge in [0, 0.05) is 0 Å². The first-order chi connectivity index (χ1) is 12.5. The molecule has 0 aliphatic carbocycles. The number of rotatable bonds is 6. The minimum Gasteiger partial charge on any atom is -0.489 e. The van der Waals surface area contributed by atoms with Crippen LogP contribution in [0.25, 0.3) is 0 Å². The lowest BCUT2D eigenvalue weighted by atomic mass is 10.00. The van der Waals surface area contributed by atoms with Crippen LogP contribution in [-0.4, -0.2) is 28.7 Å². The molecule has 0 unspecified atom stereocenters. The maximum atomic E-state index is 12.3. The maximum Gasteiger partial charge on any atom is 0.346 e. The van der Waals surface area contributed by atoms with E-state index < -0.39 is 11.6 Å². The monoisotopic (exact) mass is 351 g/mol. The number of nitrogens with zero attached hydrogens (tertiary/aromatic N) is 2. The molecular formula is C20H21N3O3. The van der Waals surface area contributed by atoms with Crippen LogP contribution in [0.3, 0.4) is 0 Å². The summed E-state index contributed by atoms with van der Waals surface area (Å²) >= 11 is 0. The fourth-order valence-electron chi connectivity index (χ4n) is 2.53. The number of amides is 3. The zero-order valence-corrected chi connectivity index (χ0v) is 14.8. The quantitative estimate of drug-likeness (QED) is 0.641. The first kappa shape index (κ1) is 17.7. The van der Waals surface area contributed by atoms with E-state index in [1.54, 1.807) is 6.92 Å². The largest absolute Gasteiger partial charge is 0.489 e. The van der Waals surface area contributed by atoms with E-state index in [1.165, 1.54) is 6.21 Å². The average molecular weight is 351 g/mol. The fraction of sp³-hybridized carbons (Fsp3) is 0.250. The highest BCUT2D eigenvalue weighted by Crippen LogP contribution is 2.21. The van der Waals surface area contributed by atoms with Gasteiger partial charge in [0.2, 0.25) is 0 Å². The minimum absolute atomic E-state index is 0.343. The van der Waals surface area contributed by atoms with Crippen molar-refractivity contribution in [2.24, 2.45) is 5.10 Å². The summed E-state index contributed by atoms with van der Waals surface area (Å²) in [6.45, 7) is 4.04. The third-order valence-electron chi connectivity index (χ3n) is 4.40. The number of carbonyl (C=O) groups is 2. The average Bonchev–Trinajstić information content (AvgIpc) is 2.89. The molecule has 6 heteroatoms. The lowest BCUT2D eigenvalue weighted by Gasteiger charge is -2.17.